The molecule has 5 heteroatoms. The number of hydrogen-bond donors (Lipinski definition) is 2. The number of carbonyl (C=O) groups excluding carboxylic acids is 1. The third kappa shape index (κ3) is 4.48. The third-order valence-electron chi connectivity index (χ3n) is 3.69. The van der Waals surface area contributed by atoms with Crippen LogP contribution in [0.15, 0.2) is 18.2 Å². The first-order valence-corrected chi connectivity index (χ1v) is 7.15. The van der Waals surface area contributed by atoms with Crippen molar-refractivity contribution in [2.75, 3.05) is 7.11 Å². The second-order valence-electron chi connectivity index (χ2n) is 5.63. The molecule has 0 aliphatic heterocycles. The van der Waals surface area contributed by atoms with Crippen LogP contribution in [0.5, 0.6) is 5.75 Å². The lowest BCUT2D eigenvalue weighted by atomic mass is 10.1. The van der Waals surface area contributed by atoms with Gasteiger partial charge < -0.3 is 15.2 Å². The maximum Gasteiger partial charge on any atom is 0.326 e. The van der Waals surface area contributed by atoms with Crippen LogP contribution in [0.25, 0.3) is 0 Å². The number of carboxylic acid groups (broad SMARTS) is 1. The lowest BCUT2D eigenvalue weighted by molar-refractivity contribution is -0.142. The number of aliphatic carboxylic acids is 1. The zero-order valence-corrected chi connectivity index (χ0v) is 12.4. The summed E-state index contributed by atoms with van der Waals surface area (Å²) in [6.45, 7) is 1.94. The van der Waals surface area contributed by atoms with Gasteiger partial charge in [-0.1, -0.05) is 30.5 Å². The van der Waals surface area contributed by atoms with Gasteiger partial charge in [-0.2, -0.15) is 0 Å². The number of methoxy groups -OCH3 is 1. The standard InChI is InChI=1S/C16H21NO4/c1-10-3-6-14(21-2)12(7-10)9-15(18)17-13(16(19)20)8-11-4-5-11/h3,6-7,11,13H,4-5,8-9H2,1-2H3,(H,17,18)(H,19,20). The van der Waals surface area contributed by atoms with Crippen LogP contribution in [0.3, 0.4) is 0 Å². The van der Waals surface area contributed by atoms with Crippen LogP contribution in [0, 0.1) is 12.8 Å². The molecule has 0 radical (unpaired) electrons. The monoisotopic (exact) mass is 291 g/mol. The normalized spacial score (nSPS) is 15.3. The highest BCUT2D eigenvalue weighted by Gasteiger charge is 2.30. The molecule has 1 aliphatic rings. The highest BCUT2D eigenvalue weighted by molar-refractivity contribution is 5.85. The molecule has 2 N–H and O–H groups in total. The summed E-state index contributed by atoms with van der Waals surface area (Å²) in [5.41, 5.74) is 1.80. The Balaban J connectivity index is 1.99. The molecular weight excluding hydrogens is 270 g/mol. The molecule has 1 atom stereocenters. The predicted molar refractivity (Wildman–Crippen MR) is 78.3 cm³/mol. The molecule has 2 rings (SSSR count). The van der Waals surface area contributed by atoms with Gasteiger partial charge in [0.2, 0.25) is 5.91 Å². The first-order valence-electron chi connectivity index (χ1n) is 7.15. The van der Waals surface area contributed by atoms with Gasteiger partial charge in [-0.15, -0.1) is 0 Å². The molecule has 5 nitrogen and oxygen atoms in total. The fourth-order valence-electron chi connectivity index (χ4n) is 2.37. The fraction of sp³-hybridized carbons (Fsp3) is 0.500. The van der Waals surface area contributed by atoms with E-state index in [4.69, 9.17) is 4.74 Å². The summed E-state index contributed by atoms with van der Waals surface area (Å²) < 4.78 is 5.23. The van der Waals surface area contributed by atoms with Crippen LogP contribution in [-0.2, 0) is 16.0 Å². The first-order chi connectivity index (χ1) is 9.99. The molecular formula is C16H21NO4. The van der Waals surface area contributed by atoms with Crippen LogP contribution in [0.2, 0.25) is 0 Å². The van der Waals surface area contributed by atoms with E-state index in [2.05, 4.69) is 5.32 Å². The largest absolute Gasteiger partial charge is 0.496 e. The Morgan fingerprint density at radius 2 is 2.14 bits per heavy atom. The van der Waals surface area contributed by atoms with Crippen LogP contribution >= 0.6 is 0 Å². The number of amides is 1. The number of carboxylic acids is 1. The van der Waals surface area contributed by atoms with Gasteiger partial charge in [-0.25, -0.2) is 4.79 Å². The van der Waals surface area contributed by atoms with Crippen molar-refractivity contribution in [1.82, 2.24) is 5.32 Å². The lowest BCUT2D eigenvalue weighted by Gasteiger charge is -2.15. The van der Waals surface area contributed by atoms with Gasteiger partial charge in [0, 0.05) is 5.56 Å². The molecule has 1 aliphatic carbocycles. The molecule has 1 amide bonds. The molecule has 0 bridgehead atoms. The number of ether oxygens (including phenoxy) is 1. The smallest absolute Gasteiger partial charge is 0.326 e. The Morgan fingerprint density at radius 1 is 1.43 bits per heavy atom. The van der Waals surface area contributed by atoms with Gasteiger partial charge in [0.25, 0.3) is 0 Å². The average Bonchev–Trinajstić information content (AvgIpc) is 3.22. The molecule has 1 unspecified atom stereocenters. The number of benzene rings is 1. The van der Waals surface area contributed by atoms with Crippen molar-refractivity contribution in [2.24, 2.45) is 5.92 Å². The van der Waals surface area contributed by atoms with Crippen molar-refractivity contribution in [3.8, 4) is 5.75 Å². The Kier molecular flexibility index (Phi) is 4.83. The minimum Gasteiger partial charge on any atom is -0.496 e. The van der Waals surface area contributed by atoms with Gasteiger partial charge >= 0.3 is 5.97 Å². The summed E-state index contributed by atoms with van der Waals surface area (Å²) in [4.78, 5) is 23.3. The SMILES string of the molecule is COc1ccc(C)cc1CC(=O)NC(CC1CC1)C(=O)O. The summed E-state index contributed by atoms with van der Waals surface area (Å²) in [5, 5.41) is 11.8. The van der Waals surface area contributed by atoms with E-state index in [9.17, 15) is 14.7 Å². The molecule has 1 saturated carbocycles. The molecule has 0 saturated heterocycles. The predicted octanol–water partition coefficient (Wildman–Crippen LogP) is 1.92. The summed E-state index contributed by atoms with van der Waals surface area (Å²) >= 11 is 0. The Hall–Kier alpha value is -2.04. The summed E-state index contributed by atoms with van der Waals surface area (Å²) in [6, 6.07) is 4.82. The molecule has 0 heterocycles. The van der Waals surface area contributed by atoms with E-state index in [1.54, 1.807) is 7.11 Å². The van der Waals surface area contributed by atoms with Crippen molar-refractivity contribution in [2.45, 2.75) is 38.6 Å². The number of rotatable bonds is 7. The summed E-state index contributed by atoms with van der Waals surface area (Å²) in [5.74, 6) is -0.164. The van der Waals surface area contributed by atoms with Gasteiger partial charge in [-0.05, 0) is 25.3 Å². The quantitative estimate of drug-likeness (QED) is 0.804. The number of aryl methyl sites for hydroxylation is 1. The van der Waals surface area contributed by atoms with E-state index in [-0.39, 0.29) is 12.3 Å². The fourth-order valence-corrected chi connectivity index (χ4v) is 2.37. The van der Waals surface area contributed by atoms with Gasteiger partial charge in [0.1, 0.15) is 11.8 Å². The van der Waals surface area contributed by atoms with E-state index < -0.39 is 12.0 Å². The second-order valence-corrected chi connectivity index (χ2v) is 5.63. The maximum atomic E-state index is 12.1. The van der Waals surface area contributed by atoms with E-state index in [0.717, 1.165) is 24.0 Å². The minimum absolute atomic E-state index is 0.124. The van der Waals surface area contributed by atoms with Gasteiger partial charge in [0.15, 0.2) is 0 Å². The number of carbonyl (C=O) groups is 2. The molecule has 1 aromatic rings. The van der Waals surface area contributed by atoms with Gasteiger partial charge in [-0.3, -0.25) is 4.79 Å². The Morgan fingerprint density at radius 3 is 2.71 bits per heavy atom. The maximum absolute atomic E-state index is 12.1. The van der Waals surface area contributed by atoms with Crippen molar-refractivity contribution in [1.29, 1.82) is 0 Å². The first kappa shape index (κ1) is 15.4. The molecule has 114 valence electrons. The van der Waals surface area contributed by atoms with Crippen LogP contribution in [0.4, 0.5) is 0 Å². The summed E-state index contributed by atoms with van der Waals surface area (Å²) in [6.07, 6.45) is 2.77. The highest BCUT2D eigenvalue weighted by atomic mass is 16.5. The summed E-state index contributed by atoms with van der Waals surface area (Å²) in [7, 11) is 1.55. The molecule has 0 aromatic heterocycles. The number of hydrogen-bond acceptors (Lipinski definition) is 3. The van der Waals surface area contributed by atoms with E-state index in [1.165, 1.54) is 0 Å². The highest BCUT2D eigenvalue weighted by Crippen LogP contribution is 2.33. The van der Waals surface area contributed by atoms with Crippen molar-refractivity contribution in [3.05, 3.63) is 29.3 Å². The zero-order chi connectivity index (χ0) is 15.4. The minimum atomic E-state index is -0.966. The van der Waals surface area contributed by atoms with Crippen molar-refractivity contribution < 1.29 is 19.4 Å². The second kappa shape index (κ2) is 6.61. The molecule has 1 fully saturated rings. The lowest BCUT2D eigenvalue weighted by Crippen LogP contribution is -2.41. The third-order valence-corrected chi connectivity index (χ3v) is 3.69. The van der Waals surface area contributed by atoms with E-state index in [0.29, 0.717) is 18.1 Å². The zero-order valence-electron chi connectivity index (χ0n) is 12.4. The molecule has 0 spiro atoms. The molecule has 1 aromatic carbocycles. The van der Waals surface area contributed by atoms with Crippen LogP contribution < -0.4 is 10.1 Å². The average molecular weight is 291 g/mol. The van der Waals surface area contributed by atoms with Crippen molar-refractivity contribution in [3.63, 3.8) is 0 Å². The van der Waals surface area contributed by atoms with Crippen LogP contribution in [-0.4, -0.2) is 30.1 Å². The van der Waals surface area contributed by atoms with Gasteiger partial charge in [0.05, 0.1) is 13.5 Å². The van der Waals surface area contributed by atoms with Crippen LogP contribution in [0.1, 0.15) is 30.4 Å². The van der Waals surface area contributed by atoms with E-state index >= 15 is 0 Å². The number of nitrogens with one attached hydrogen (secondary N) is 1. The Bertz CT molecular complexity index is 537. The molecule has 21 heavy (non-hydrogen) atoms. The Labute approximate surface area is 124 Å². The van der Waals surface area contributed by atoms with Crippen molar-refractivity contribution >= 4 is 11.9 Å². The topological polar surface area (TPSA) is 75.6 Å². The van der Waals surface area contributed by atoms with E-state index in [1.807, 2.05) is 25.1 Å².